The molecule has 0 bridgehead atoms. The topological polar surface area (TPSA) is 0 Å². The monoisotopic (exact) mass is 196 g/mol. The van der Waals surface area contributed by atoms with Gasteiger partial charge in [-0.15, -0.1) is 0 Å². The van der Waals surface area contributed by atoms with Gasteiger partial charge in [-0.3, -0.25) is 0 Å². The molecule has 0 saturated heterocycles. The molecular formula is C14H28. The van der Waals surface area contributed by atoms with Crippen molar-refractivity contribution >= 4 is 0 Å². The Hall–Kier alpha value is 0. The van der Waals surface area contributed by atoms with Gasteiger partial charge in [-0.05, 0) is 17.8 Å². The Balaban J connectivity index is 1.89. The molecule has 1 fully saturated rings. The van der Waals surface area contributed by atoms with E-state index >= 15 is 0 Å². The lowest BCUT2D eigenvalue weighted by Gasteiger charge is -2.13. The van der Waals surface area contributed by atoms with E-state index in [2.05, 4.69) is 20.8 Å². The van der Waals surface area contributed by atoms with E-state index in [0.29, 0.717) is 0 Å². The zero-order valence-corrected chi connectivity index (χ0v) is 10.4. The van der Waals surface area contributed by atoms with Crippen molar-refractivity contribution in [2.75, 3.05) is 0 Å². The van der Waals surface area contributed by atoms with Crippen LogP contribution in [-0.4, -0.2) is 0 Å². The molecule has 0 aromatic heterocycles. The fourth-order valence-corrected chi connectivity index (χ4v) is 2.08. The molecule has 0 aromatic rings. The molecule has 1 aliphatic rings. The Morgan fingerprint density at radius 3 is 2.21 bits per heavy atom. The van der Waals surface area contributed by atoms with Crippen LogP contribution >= 0.6 is 0 Å². The predicted octanol–water partition coefficient (Wildman–Crippen LogP) is 5.03. The number of hydrogen-bond acceptors (Lipinski definition) is 0. The summed E-state index contributed by atoms with van der Waals surface area (Å²) in [7, 11) is 0. The molecule has 0 aromatic carbocycles. The average molecular weight is 196 g/mol. The molecule has 2 unspecified atom stereocenters. The molecule has 14 heavy (non-hydrogen) atoms. The Labute approximate surface area is 90.5 Å². The van der Waals surface area contributed by atoms with Crippen molar-refractivity contribution in [2.24, 2.45) is 17.8 Å². The second kappa shape index (κ2) is 6.48. The largest absolute Gasteiger partial charge is 0.0651 e. The van der Waals surface area contributed by atoms with Gasteiger partial charge < -0.3 is 0 Å². The fraction of sp³-hybridized carbons (Fsp3) is 1.00. The molecule has 0 aliphatic heterocycles. The molecule has 0 heterocycles. The van der Waals surface area contributed by atoms with Gasteiger partial charge in [0.1, 0.15) is 0 Å². The summed E-state index contributed by atoms with van der Waals surface area (Å²) < 4.78 is 0. The Kier molecular flexibility index (Phi) is 5.59. The first kappa shape index (κ1) is 12.1. The minimum absolute atomic E-state index is 0.945. The fourth-order valence-electron chi connectivity index (χ4n) is 2.08. The molecule has 0 heteroatoms. The normalized spacial score (nSPS) is 20.8. The molecule has 1 saturated carbocycles. The van der Waals surface area contributed by atoms with Crippen LogP contribution < -0.4 is 0 Å². The highest BCUT2D eigenvalue weighted by molar-refractivity contribution is 4.73. The Morgan fingerprint density at radius 1 is 1.00 bits per heavy atom. The maximum atomic E-state index is 2.44. The smallest absolute Gasteiger partial charge is 0.0414 e. The first-order chi connectivity index (χ1) is 6.72. The van der Waals surface area contributed by atoms with Gasteiger partial charge in [0.15, 0.2) is 0 Å². The van der Waals surface area contributed by atoms with Crippen LogP contribution in [0.1, 0.15) is 72.1 Å². The van der Waals surface area contributed by atoms with E-state index in [1.807, 2.05) is 0 Å². The number of hydrogen-bond donors (Lipinski definition) is 0. The molecule has 0 spiro atoms. The molecule has 84 valence electrons. The molecule has 1 rings (SSSR count). The third-order valence-electron chi connectivity index (χ3n) is 3.86. The summed E-state index contributed by atoms with van der Waals surface area (Å²) in [5, 5.41) is 0. The zero-order valence-electron chi connectivity index (χ0n) is 10.4. The quantitative estimate of drug-likeness (QED) is 0.511. The van der Waals surface area contributed by atoms with Crippen molar-refractivity contribution in [3.63, 3.8) is 0 Å². The van der Waals surface area contributed by atoms with Crippen LogP contribution in [0.3, 0.4) is 0 Å². The van der Waals surface area contributed by atoms with E-state index in [9.17, 15) is 0 Å². The molecular weight excluding hydrogens is 168 g/mol. The van der Waals surface area contributed by atoms with Crippen LogP contribution in [0.25, 0.3) is 0 Å². The van der Waals surface area contributed by atoms with Gasteiger partial charge in [-0.25, -0.2) is 0 Å². The second-order valence-corrected chi connectivity index (χ2v) is 5.57. The lowest BCUT2D eigenvalue weighted by Crippen LogP contribution is -1.99. The van der Waals surface area contributed by atoms with Crippen molar-refractivity contribution < 1.29 is 0 Å². The van der Waals surface area contributed by atoms with E-state index in [1.54, 1.807) is 0 Å². The van der Waals surface area contributed by atoms with Gasteiger partial charge in [-0.2, -0.15) is 0 Å². The third kappa shape index (κ3) is 5.67. The Morgan fingerprint density at radius 2 is 1.64 bits per heavy atom. The van der Waals surface area contributed by atoms with Gasteiger partial charge in [0.2, 0.25) is 0 Å². The maximum Gasteiger partial charge on any atom is -0.0414 e. The van der Waals surface area contributed by atoms with Crippen molar-refractivity contribution in [1.29, 1.82) is 0 Å². The Bertz CT molecular complexity index is 135. The summed E-state index contributed by atoms with van der Waals surface area (Å²) in [6.07, 6.45) is 11.8. The van der Waals surface area contributed by atoms with Crippen LogP contribution in [-0.2, 0) is 0 Å². The molecule has 2 atom stereocenters. The van der Waals surface area contributed by atoms with Crippen LogP contribution in [0.5, 0.6) is 0 Å². The van der Waals surface area contributed by atoms with Crippen LogP contribution in [0, 0.1) is 17.8 Å². The van der Waals surface area contributed by atoms with Crippen molar-refractivity contribution in [3.8, 4) is 0 Å². The number of rotatable bonds is 8. The minimum Gasteiger partial charge on any atom is -0.0651 e. The van der Waals surface area contributed by atoms with Crippen LogP contribution in [0.15, 0.2) is 0 Å². The maximum absolute atomic E-state index is 2.44. The van der Waals surface area contributed by atoms with E-state index in [-0.39, 0.29) is 0 Å². The van der Waals surface area contributed by atoms with E-state index in [4.69, 9.17) is 0 Å². The molecule has 0 nitrogen and oxygen atoms in total. The van der Waals surface area contributed by atoms with Crippen LogP contribution in [0.2, 0.25) is 0 Å². The lowest BCUT2D eigenvalue weighted by molar-refractivity contribution is 0.392. The summed E-state index contributed by atoms with van der Waals surface area (Å²) in [4.78, 5) is 0. The predicted molar refractivity (Wildman–Crippen MR) is 64.4 cm³/mol. The first-order valence-electron chi connectivity index (χ1n) is 6.72. The minimum atomic E-state index is 0.945. The van der Waals surface area contributed by atoms with E-state index in [0.717, 1.165) is 17.8 Å². The summed E-state index contributed by atoms with van der Waals surface area (Å²) >= 11 is 0. The lowest BCUT2D eigenvalue weighted by atomic mass is 9.93. The standard InChI is InChI=1S/C14H28/c1-4-12(2)8-9-13(3)6-5-7-14-10-11-14/h12-14H,4-11H2,1-3H3. The SMILES string of the molecule is CCC(C)CCC(C)CCCC1CC1. The molecule has 0 amide bonds. The third-order valence-corrected chi connectivity index (χ3v) is 3.86. The van der Waals surface area contributed by atoms with Crippen molar-refractivity contribution in [2.45, 2.75) is 72.1 Å². The van der Waals surface area contributed by atoms with Gasteiger partial charge in [0.25, 0.3) is 0 Å². The van der Waals surface area contributed by atoms with Gasteiger partial charge in [0.05, 0.1) is 0 Å². The van der Waals surface area contributed by atoms with E-state index < -0.39 is 0 Å². The summed E-state index contributed by atoms with van der Waals surface area (Å²) in [6.45, 7) is 7.13. The molecule has 0 radical (unpaired) electrons. The summed E-state index contributed by atoms with van der Waals surface area (Å²) in [5.41, 5.74) is 0. The van der Waals surface area contributed by atoms with Crippen molar-refractivity contribution in [3.05, 3.63) is 0 Å². The highest BCUT2D eigenvalue weighted by Gasteiger charge is 2.20. The van der Waals surface area contributed by atoms with Gasteiger partial charge in [0, 0.05) is 0 Å². The van der Waals surface area contributed by atoms with Crippen LogP contribution in [0.4, 0.5) is 0 Å². The summed E-state index contributed by atoms with van der Waals surface area (Å²) in [5.74, 6) is 3.06. The van der Waals surface area contributed by atoms with Gasteiger partial charge >= 0.3 is 0 Å². The first-order valence-corrected chi connectivity index (χ1v) is 6.72. The van der Waals surface area contributed by atoms with Gasteiger partial charge in [-0.1, -0.05) is 72.1 Å². The second-order valence-electron chi connectivity index (χ2n) is 5.57. The molecule has 0 N–H and O–H groups in total. The average Bonchev–Trinajstić information content (AvgIpc) is 2.98. The molecule has 1 aliphatic carbocycles. The highest BCUT2D eigenvalue weighted by atomic mass is 14.3. The highest BCUT2D eigenvalue weighted by Crippen LogP contribution is 2.34. The zero-order chi connectivity index (χ0) is 10.4. The summed E-state index contributed by atoms with van der Waals surface area (Å²) in [6, 6.07) is 0. The van der Waals surface area contributed by atoms with E-state index in [1.165, 1.54) is 51.4 Å². The van der Waals surface area contributed by atoms with Crippen molar-refractivity contribution in [1.82, 2.24) is 0 Å².